The first-order chi connectivity index (χ1) is 22.4. The first kappa shape index (κ1) is 36.0. The molecule has 0 bridgehead atoms. The van der Waals surface area contributed by atoms with Crippen molar-refractivity contribution in [3.8, 4) is 0 Å². The third-order valence-electron chi connectivity index (χ3n) is 11.2. The summed E-state index contributed by atoms with van der Waals surface area (Å²) in [5.74, 6) is 0.547. The topological polar surface area (TPSA) is 54.6 Å². The summed E-state index contributed by atoms with van der Waals surface area (Å²) in [6.07, 6.45) is 9.29. The Labute approximate surface area is 299 Å². The second kappa shape index (κ2) is 13.6. The van der Waals surface area contributed by atoms with E-state index in [1.54, 1.807) is 0 Å². The molecule has 7 rings (SSSR count). The first-order valence-corrected chi connectivity index (χ1v) is 17.8. The van der Waals surface area contributed by atoms with Crippen LogP contribution in [0.3, 0.4) is 0 Å². The molecule has 0 saturated heterocycles. The minimum absolute atomic E-state index is 0. The molecule has 6 aromatic rings. The number of carbonyl (C=O) groups is 1. The summed E-state index contributed by atoms with van der Waals surface area (Å²) in [5, 5.41) is 16.1. The predicted octanol–water partition coefficient (Wildman–Crippen LogP) is 11.7. The largest absolute Gasteiger partial charge is 0.512 e. The molecular formula is C43H51IrN2O2-. The van der Waals surface area contributed by atoms with Crippen LogP contribution in [0.1, 0.15) is 111 Å². The van der Waals surface area contributed by atoms with Crippen LogP contribution < -0.4 is 0 Å². The molecule has 3 aromatic carbocycles. The van der Waals surface area contributed by atoms with Gasteiger partial charge < -0.3 is 14.5 Å². The Balaban J connectivity index is 0.000000243. The van der Waals surface area contributed by atoms with Gasteiger partial charge in [0, 0.05) is 55.2 Å². The number of aryl methyl sites for hydroxylation is 1. The van der Waals surface area contributed by atoms with Gasteiger partial charge in [-0.25, -0.2) is 0 Å². The minimum atomic E-state index is 0. The van der Waals surface area contributed by atoms with Crippen molar-refractivity contribution in [1.82, 2.24) is 9.38 Å². The van der Waals surface area contributed by atoms with Crippen molar-refractivity contribution in [2.75, 3.05) is 0 Å². The Kier molecular flexibility index (Phi) is 10.2. The number of ketones is 1. The fourth-order valence-corrected chi connectivity index (χ4v) is 8.19. The van der Waals surface area contributed by atoms with E-state index in [1.165, 1.54) is 68.1 Å². The molecule has 3 heterocycles. The number of fused-ring (bicyclic) bond motifs is 7. The van der Waals surface area contributed by atoms with E-state index in [2.05, 4.69) is 87.6 Å². The fraction of sp³-hybridized carbons (Fsp3) is 0.442. The third-order valence-corrected chi connectivity index (χ3v) is 11.2. The molecule has 0 spiro atoms. The van der Waals surface area contributed by atoms with Gasteiger partial charge >= 0.3 is 0 Å². The van der Waals surface area contributed by atoms with Crippen LogP contribution in [0.2, 0.25) is 0 Å². The average Bonchev–Trinajstić information content (AvgIpc) is 3.37. The number of carbonyl (C=O) groups excluding carboxylic acids is 1. The zero-order valence-electron chi connectivity index (χ0n) is 30.2. The number of allylic oxidation sites excluding steroid dienone is 2. The van der Waals surface area contributed by atoms with Crippen molar-refractivity contribution >= 4 is 54.8 Å². The molecule has 1 aliphatic carbocycles. The number of aliphatic hydroxyl groups excluding tert-OH is 1. The summed E-state index contributed by atoms with van der Waals surface area (Å²) < 4.78 is 2.55. The maximum atomic E-state index is 11.7. The first-order valence-electron chi connectivity index (χ1n) is 17.8. The third kappa shape index (κ3) is 5.86. The second-order valence-corrected chi connectivity index (χ2v) is 15.1. The number of nitrogens with zero attached hydrogens (tertiary/aromatic N) is 2. The summed E-state index contributed by atoms with van der Waals surface area (Å²) >= 11 is 0. The van der Waals surface area contributed by atoms with E-state index in [0.717, 1.165) is 42.1 Å². The van der Waals surface area contributed by atoms with Gasteiger partial charge in [0.15, 0.2) is 5.78 Å². The molecule has 0 fully saturated rings. The summed E-state index contributed by atoms with van der Waals surface area (Å²) in [6, 6.07) is 19.5. The van der Waals surface area contributed by atoms with Crippen LogP contribution in [0.5, 0.6) is 0 Å². The molecule has 5 heteroatoms. The van der Waals surface area contributed by atoms with Gasteiger partial charge in [0.2, 0.25) is 0 Å². The second-order valence-electron chi connectivity index (χ2n) is 15.1. The maximum Gasteiger partial charge on any atom is 0.162 e. The molecule has 0 amide bonds. The van der Waals surface area contributed by atoms with E-state index in [1.807, 2.05) is 33.9 Å². The molecule has 1 radical (unpaired) electrons. The number of aliphatic hydroxyl groups is 1. The average molecular weight is 820 g/mol. The maximum absolute atomic E-state index is 11.7. The van der Waals surface area contributed by atoms with Crippen LogP contribution in [0.15, 0.2) is 60.5 Å². The Morgan fingerprint density at radius 1 is 0.917 bits per heavy atom. The predicted molar refractivity (Wildman–Crippen MR) is 199 cm³/mol. The molecule has 0 unspecified atom stereocenters. The SMILES string of the molecule is CCC(CC)C(=O)/C=C(\O)C(CC)CC.Cc1[c-]c2c3nccc4cc5c(c(c43)n3c4ccccc4c(c1)c23)C(C)(C)CCC5(C)C.[Ir]. The standard InChI is InChI=1S/C30H27N2.C13H24O2.Ir/c1-17-14-20-19-8-6-7-9-23(19)32-27(20)21(15-17)26-24-18(10-13-31-26)16-22-25(28(24)32)30(4,5)12-11-29(22,2)3;1-5-10(6-2)12(14)9-13(15)11(7-3)8-4;/h6-10,13-14,16H,11-12H2,1-5H3;9-11,14H,5-8H2,1-4H3;/q-1;;/b;12-9-;. The van der Waals surface area contributed by atoms with Crippen molar-refractivity contribution in [3.63, 3.8) is 0 Å². The molecule has 3 aromatic heterocycles. The van der Waals surface area contributed by atoms with Crippen molar-refractivity contribution < 1.29 is 30.0 Å². The van der Waals surface area contributed by atoms with Crippen molar-refractivity contribution in [1.29, 1.82) is 0 Å². The van der Waals surface area contributed by atoms with Crippen LogP contribution in [0, 0.1) is 24.8 Å². The number of rotatable bonds is 7. The van der Waals surface area contributed by atoms with Crippen LogP contribution in [-0.4, -0.2) is 20.3 Å². The van der Waals surface area contributed by atoms with E-state index >= 15 is 0 Å². The number of aromatic nitrogens is 2. The van der Waals surface area contributed by atoms with Crippen LogP contribution in [-0.2, 0) is 35.7 Å². The fourth-order valence-electron chi connectivity index (χ4n) is 8.19. The van der Waals surface area contributed by atoms with Crippen LogP contribution in [0.4, 0.5) is 0 Å². The minimum Gasteiger partial charge on any atom is -0.512 e. The molecule has 0 atom stereocenters. The Hall–Kier alpha value is -3.27. The number of para-hydroxylation sites is 1. The Bertz CT molecular complexity index is 2140. The smallest absolute Gasteiger partial charge is 0.162 e. The quantitative estimate of drug-likeness (QED) is 0.0574. The number of pyridine rings is 2. The zero-order chi connectivity index (χ0) is 33.8. The monoisotopic (exact) mass is 820 g/mol. The van der Waals surface area contributed by atoms with Crippen molar-refractivity contribution in [2.24, 2.45) is 11.8 Å². The van der Waals surface area contributed by atoms with Gasteiger partial charge in [-0.15, -0.1) is 17.7 Å². The summed E-state index contributed by atoms with van der Waals surface area (Å²) in [7, 11) is 0. The molecule has 48 heavy (non-hydrogen) atoms. The summed E-state index contributed by atoms with van der Waals surface area (Å²) in [5.41, 5.74) is 9.41. The normalized spacial score (nSPS) is 15.8. The van der Waals surface area contributed by atoms with Crippen molar-refractivity contribution in [2.45, 2.75) is 112 Å². The Morgan fingerprint density at radius 3 is 2.23 bits per heavy atom. The molecule has 4 nitrogen and oxygen atoms in total. The van der Waals surface area contributed by atoms with Gasteiger partial charge in [0.05, 0.1) is 5.76 Å². The van der Waals surface area contributed by atoms with E-state index in [0.29, 0.717) is 0 Å². The van der Waals surface area contributed by atoms with Gasteiger partial charge in [-0.1, -0.05) is 97.4 Å². The molecule has 255 valence electrons. The number of benzene rings is 3. The van der Waals surface area contributed by atoms with Gasteiger partial charge in [-0.3, -0.25) is 4.79 Å². The number of hydrogen-bond acceptors (Lipinski definition) is 3. The molecule has 0 aliphatic heterocycles. The molecule has 0 saturated carbocycles. The summed E-state index contributed by atoms with van der Waals surface area (Å²) in [4.78, 5) is 16.7. The van der Waals surface area contributed by atoms with E-state index in [9.17, 15) is 9.90 Å². The van der Waals surface area contributed by atoms with E-state index in [4.69, 9.17) is 4.98 Å². The van der Waals surface area contributed by atoms with E-state index < -0.39 is 0 Å². The Morgan fingerprint density at radius 2 is 1.56 bits per heavy atom. The molecule has 1 N–H and O–H groups in total. The zero-order valence-corrected chi connectivity index (χ0v) is 32.6. The summed E-state index contributed by atoms with van der Waals surface area (Å²) in [6.45, 7) is 19.9. The van der Waals surface area contributed by atoms with Gasteiger partial charge in [-0.2, -0.15) is 0 Å². The van der Waals surface area contributed by atoms with Gasteiger partial charge in [-0.05, 0) is 99.8 Å². The van der Waals surface area contributed by atoms with Gasteiger partial charge in [0.1, 0.15) is 0 Å². The van der Waals surface area contributed by atoms with Gasteiger partial charge in [0.25, 0.3) is 0 Å². The van der Waals surface area contributed by atoms with Crippen molar-refractivity contribution in [3.05, 3.63) is 83.3 Å². The van der Waals surface area contributed by atoms with Crippen LogP contribution in [0.25, 0.3) is 49.0 Å². The number of hydrogen-bond donors (Lipinski definition) is 1. The van der Waals surface area contributed by atoms with Crippen LogP contribution >= 0.6 is 0 Å². The van der Waals surface area contributed by atoms with E-state index in [-0.39, 0.29) is 54.3 Å². The molecule has 1 aliphatic rings. The molecular weight excluding hydrogens is 769 g/mol.